The molecule has 0 spiro atoms. The number of fused-ring (bicyclic) bond motifs is 1. The summed E-state index contributed by atoms with van der Waals surface area (Å²) >= 11 is 1.51. The molecule has 160 valence electrons. The molecule has 4 aromatic rings. The van der Waals surface area contributed by atoms with Gasteiger partial charge >= 0.3 is 0 Å². The zero-order valence-corrected chi connectivity index (χ0v) is 18.0. The van der Waals surface area contributed by atoms with Crippen molar-refractivity contribution in [3.63, 3.8) is 0 Å². The van der Waals surface area contributed by atoms with Crippen molar-refractivity contribution in [1.29, 1.82) is 0 Å². The Hall–Kier alpha value is -3.27. The van der Waals surface area contributed by atoms with Crippen LogP contribution in [0.25, 0.3) is 16.2 Å². The summed E-state index contributed by atoms with van der Waals surface area (Å²) in [5, 5.41) is 9.46. The van der Waals surface area contributed by atoms with Crippen LogP contribution in [0.2, 0.25) is 0 Å². The van der Waals surface area contributed by atoms with E-state index in [1.165, 1.54) is 23.5 Å². The van der Waals surface area contributed by atoms with Crippen molar-refractivity contribution in [2.75, 3.05) is 31.1 Å². The Labute approximate surface area is 181 Å². The summed E-state index contributed by atoms with van der Waals surface area (Å²) in [6.45, 7) is 6.41. The summed E-state index contributed by atoms with van der Waals surface area (Å²) in [4.78, 5) is 22.2. The summed E-state index contributed by atoms with van der Waals surface area (Å²) in [6, 6.07) is 6.27. The van der Waals surface area contributed by atoms with Gasteiger partial charge in [-0.05, 0) is 38.1 Å². The maximum atomic E-state index is 13.1. The molecule has 1 saturated heterocycles. The second-order valence-electron chi connectivity index (χ2n) is 7.59. The average Bonchev–Trinajstić information content (AvgIpc) is 3.44. The number of aryl methyl sites for hydroxylation is 2. The van der Waals surface area contributed by atoms with Gasteiger partial charge in [0.15, 0.2) is 0 Å². The molecule has 1 aromatic carbocycles. The Kier molecular flexibility index (Phi) is 4.93. The fourth-order valence-corrected chi connectivity index (χ4v) is 4.68. The van der Waals surface area contributed by atoms with E-state index in [-0.39, 0.29) is 11.7 Å². The summed E-state index contributed by atoms with van der Waals surface area (Å²) < 4.78 is 20.1. The lowest BCUT2D eigenvalue weighted by Crippen LogP contribution is -2.49. The Bertz CT molecular complexity index is 1190. The average molecular weight is 441 g/mol. The smallest absolute Gasteiger partial charge is 0.227 e. The second-order valence-corrected chi connectivity index (χ2v) is 8.53. The van der Waals surface area contributed by atoms with Crippen LogP contribution in [-0.2, 0) is 11.2 Å². The van der Waals surface area contributed by atoms with E-state index in [0.29, 0.717) is 25.3 Å². The van der Waals surface area contributed by atoms with Crippen LogP contribution in [0.1, 0.15) is 17.0 Å². The molecular formula is C21H21FN6O2S. The van der Waals surface area contributed by atoms with E-state index in [4.69, 9.17) is 4.52 Å². The number of rotatable bonds is 4. The number of benzene rings is 1. The van der Waals surface area contributed by atoms with Crippen LogP contribution in [0.5, 0.6) is 0 Å². The van der Waals surface area contributed by atoms with Gasteiger partial charge in [0.1, 0.15) is 11.6 Å². The zero-order chi connectivity index (χ0) is 21.5. The fraction of sp³-hybridized carbons (Fsp3) is 0.333. The highest BCUT2D eigenvalue weighted by molar-refractivity contribution is 7.20. The van der Waals surface area contributed by atoms with Gasteiger partial charge in [0, 0.05) is 37.3 Å². The number of carbonyl (C=O) groups excluding carboxylic acids is 1. The van der Waals surface area contributed by atoms with Crippen molar-refractivity contribution in [2.24, 2.45) is 0 Å². The summed E-state index contributed by atoms with van der Waals surface area (Å²) in [6.07, 6.45) is 2.17. The molecule has 0 radical (unpaired) electrons. The Morgan fingerprint density at radius 3 is 2.55 bits per heavy atom. The van der Waals surface area contributed by atoms with Crippen LogP contribution >= 0.6 is 11.3 Å². The van der Waals surface area contributed by atoms with Crippen LogP contribution < -0.4 is 4.90 Å². The van der Waals surface area contributed by atoms with Crippen LogP contribution in [-0.4, -0.2) is 56.7 Å². The topological polar surface area (TPSA) is 79.8 Å². The fourth-order valence-electron chi connectivity index (χ4n) is 3.74. The standard InChI is InChI=1S/C21H21FN6O2S/c1-13-17(14(2)30-25-13)11-19(29)26-7-9-27(10-8-26)21-24-28-12-18(23-20(28)31-21)15-3-5-16(22)6-4-15/h3-6,12H,7-11H2,1-2H3. The molecule has 5 rings (SSSR count). The number of anilines is 1. The van der Waals surface area contributed by atoms with Gasteiger partial charge < -0.3 is 14.3 Å². The zero-order valence-electron chi connectivity index (χ0n) is 17.2. The molecule has 0 unspecified atom stereocenters. The van der Waals surface area contributed by atoms with Gasteiger partial charge in [-0.25, -0.2) is 13.9 Å². The highest BCUT2D eigenvalue weighted by Crippen LogP contribution is 2.27. The van der Waals surface area contributed by atoms with Crippen LogP contribution in [0.3, 0.4) is 0 Å². The largest absolute Gasteiger partial charge is 0.361 e. The first-order chi connectivity index (χ1) is 15.0. The molecule has 8 nitrogen and oxygen atoms in total. The van der Waals surface area contributed by atoms with E-state index < -0.39 is 0 Å². The minimum Gasteiger partial charge on any atom is -0.361 e. The van der Waals surface area contributed by atoms with Crippen LogP contribution in [0.4, 0.5) is 9.52 Å². The number of imidazole rings is 1. The third-order valence-electron chi connectivity index (χ3n) is 5.58. The number of halogens is 1. The molecule has 0 bridgehead atoms. The quantitative estimate of drug-likeness (QED) is 0.485. The first-order valence-corrected chi connectivity index (χ1v) is 10.9. The minimum absolute atomic E-state index is 0.0898. The van der Waals surface area contributed by atoms with E-state index in [2.05, 4.69) is 20.1 Å². The van der Waals surface area contributed by atoms with E-state index in [9.17, 15) is 9.18 Å². The third kappa shape index (κ3) is 3.78. The van der Waals surface area contributed by atoms with Gasteiger partial charge in [0.2, 0.25) is 16.0 Å². The second kappa shape index (κ2) is 7.77. The highest BCUT2D eigenvalue weighted by atomic mass is 32.1. The molecule has 1 fully saturated rings. The Morgan fingerprint density at radius 2 is 1.90 bits per heavy atom. The van der Waals surface area contributed by atoms with Crippen molar-refractivity contribution in [3.8, 4) is 11.3 Å². The number of amides is 1. The molecule has 0 aliphatic carbocycles. The summed E-state index contributed by atoms with van der Waals surface area (Å²) in [5.74, 6) is 0.525. The van der Waals surface area contributed by atoms with Gasteiger partial charge in [-0.15, -0.1) is 5.10 Å². The maximum absolute atomic E-state index is 13.1. The molecule has 4 heterocycles. The third-order valence-corrected chi connectivity index (χ3v) is 6.57. The van der Waals surface area contributed by atoms with Gasteiger partial charge in [-0.2, -0.15) is 0 Å². The normalized spacial score (nSPS) is 14.5. The number of nitrogens with zero attached hydrogens (tertiary/aromatic N) is 6. The van der Waals surface area contributed by atoms with Crippen molar-refractivity contribution in [1.82, 2.24) is 24.7 Å². The molecule has 10 heteroatoms. The Balaban J connectivity index is 1.23. The predicted molar refractivity (Wildman–Crippen MR) is 115 cm³/mol. The predicted octanol–water partition coefficient (Wildman–Crippen LogP) is 3.09. The number of aromatic nitrogens is 4. The van der Waals surface area contributed by atoms with Crippen molar-refractivity contribution in [3.05, 3.63) is 53.3 Å². The molecule has 0 N–H and O–H groups in total. The number of hydrogen-bond donors (Lipinski definition) is 0. The number of piperazine rings is 1. The minimum atomic E-state index is -0.269. The monoisotopic (exact) mass is 440 g/mol. The number of hydrogen-bond acceptors (Lipinski definition) is 7. The first-order valence-electron chi connectivity index (χ1n) is 10.0. The number of carbonyl (C=O) groups is 1. The molecule has 1 aliphatic heterocycles. The van der Waals surface area contributed by atoms with Crippen molar-refractivity contribution in [2.45, 2.75) is 20.3 Å². The van der Waals surface area contributed by atoms with Gasteiger partial charge in [0.25, 0.3) is 0 Å². The molecule has 0 atom stereocenters. The summed E-state index contributed by atoms with van der Waals surface area (Å²) in [5.41, 5.74) is 3.27. The lowest BCUT2D eigenvalue weighted by atomic mass is 10.1. The molecule has 0 saturated carbocycles. The van der Waals surface area contributed by atoms with Crippen LogP contribution in [0.15, 0.2) is 35.0 Å². The van der Waals surface area contributed by atoms with E-state index in [0.717, 1.165) is 45.7 Å². The lowest BCUT2D eigenvalue weighted by molar-refractivity contribution is -0.130. The molecule has 3 aromatic heterocycles. The first kappa shape index (κ1) is 19.7. The van der Waals surface area contributed by atoms with Gasteiger partial charge in [-0.3, -0.25) is 4.79 Å². The Morgan fingerprint density at radius 1 is 1.16 bits per heavy atom. The molecule has 31 heavy (non-hydrogen) atoms. The lowest BCUT2D eigenvalue weighted by Gasteiger charge is -2.34. The van der Waals surface area contributed by atoms with Gasteiger partial charge in [-0.1, -0.05) is 16.5 Å². The molecular weight excluding hydrogens is 419 g/mol. The van der Waals surface area contributed by atoms with Crippen molar-refractivity contribution < 1.29 is 13.7 Å². The van der Waals surface area contributed by atoms with Crippen LogP contribution in [0, 0.1) is 19.7 Å². The van der Waals surface area contributed by atoms with Crippen molar-refractivity contribution >= 4 is 27.3 Å². The van der Waals surface area contributed by atoms with E-state index in [1.54, 1.807) is 16.6 Å². The summed E-state index contributed by atoms with van der Waals surface area (Å²) in [7, 11) is 0. The van der Waals surface area contributed by atoms with Gasteiger partial charge in [0.05, 0.1) is 24.0 Å². The maximum Gasteiger partial charge on any atom is 0.227 e. The molecule has 1 amide bonds. The highest BCUT2D eigenvalue weighted by Gasteiger charge is 2.25. The van der Waals surface area contributed by atoms with E-state index >= 15 is 0 Å². The SMILES string of the molecule is Cc1noc(C)c1CC(=O)N1CCN(c2nn3cc(-c4ccc(F)cc4)nc3s2)CC1. The molecule has 1 aliphatic rings. The van der Waals surface area contributed by atoms with E-state index in [1.807, 2.05) is 24.9 Å².